The van der Waals surface area contributed by atoms with Crippen LogP contribution in [-0.4, -0.2) is 36.4 Å². The fourth-order valence-corrected chi connectivity index (χ4v) is 2.72. The van der Waals surface area contributed by atoms with Crippen LogP contribution in [0.25, 0.3) is 6.08 Å². The molecule has 0 aromatic heterocycles. The van der Waals surface area contributed by atoms with Crippen molar-refractivity contribution >= 4 is 29.4 Å². The van der Waals surface area contributed by atoms with Crippen LogP contribution in [0.5, 0.6) is 11.5 Å². The molecule has 9 heteroatoms. The number of carbonyl (C=O) groups is 2. The van der Waals surface area contributed by atoms with Gasteiger partial charge in [0.05, 0.1) is 24.1 Å². The zero-order chi connectivity index (χ0) is 23.7. The third-order valence-electron chi connectivity index (χ3n) is 4.39. The highest BCUT2D eigenvalue weighted by Gasteiger charge is 2.13. The summed E-state index contributed by atoms with van der Waals surface area (Å²) in [6.45, 7) is 3.02. The zero-order valence-electron chi connectivity index (χ0n) is 18.0. The van der Waals surface area contributed by atoms with Crippen molar-refractivity contribution in [3.63, 3.8) is 0 Å². The number of anilines is 1. The smallest absolute Gasteiger partial charge is 0.358 e. The van der Waals surface area contributed by atoms with Gasteiger partial charge in [0, 0.05) is 17.4 Å². The molecule has 0 bridgehead atoms. The van der Waals surface area contributed by atoms with Gasteiger partial charge in [-0.25, -0.2) is 4.79 Å². The first kappa shape index (κ1) is 24.2. The monoisotopic (exact) mass is 439 g/mol. The predicted molar refractivity (Wildman–Crippen MR) is 121 cm³/mol. The van der Waals surface area contributed by atoms with Gasteiger partial charge in [-0.05, 0) is 49.8 Å². The van der Waals surface area contributed by atoms with Crippen molar-refractivity contribution in [2.75, 3.05) is 19.0 Å². The number of nitrogens with one attached hydrogen (secondary N) is 2. The number of hydrogen-bond acceptors (Lipinski definition) is 8. The summed E-state index contributed by atoms with van der Waals surface area (Å²) < 4.78 is 11.0. The molecule has 5 N–H and O–H groups in total. The van der Waals surface area contributed by atoms with Crippen molar-refractivity contribution < 1.29 is 29.0 Å². The van der Waals surface area contributed by atoms with E-state index in [2.05, 4.69) is 10.2 Å². The average Bonchev–Trinajstić information content (AvgIpc) is 2.77. The number of rotatable bonds is 9. The normalized spacial score (nSPS) is 11.5. The second-order valence-electron chi connectivity index (χ2n) is 6.66. The first-order valence-corrected chi connectivity index (χ1v) is 9.51. The first-order valence-electron chi connectivity index (χ1n) is 9.51. The van der Waals surface area contributed by atoms with Crippen LogP contribution in [0, 0.1) is 5.41 Å². The van der Waals surface area contributed by atoms with E-state index in [-0.39, 0.29) is 29.3 Å². The van der Waals surface area contributed by atoms with Gasteiger partial charge in [-0.3, -0.25) is 4.79 Å². The molecular weight excluding hydrogens is 414 g/mol. The Kier molecular flexibility index (Phi) is 8.55. The number of aliphatic hydroxyl groups is 1. The van der Waals surface area contributed by atoms with Crippen LogP contribution >= 0.6 is 0 Å². The van der Waals surface area contributed by atoms with Gasteiger partial charge in [-0.15, -0.1) is 0 Å². The van der Waals surface area contributed by atoms with Crippen molar-refractivity contribution in [3.05, 3.63) is 71.0 Å². The number of carbonyl (C=O) groups excluding carboxylic acids is 2. The van der Waals surface area contributed by atoms with E-state index < -0.39 is 11.9 Å². The molecule has 168 valence electrons. The number of amides is 1. The Hall–Kier alpha value is -4.11. The molecule has 2 aromatic rings. The van der Waals surface area contributed by atoms with Gasteiger partial charge in [-0.1, -0.05) is 18.2 Å². The molecule has 0 unspecified atom stereocenters. The van der Waals surface area contributed by atoms with Gasteiger partial charge in [-0.2, -0.15) is 5.90 Å². The molecule has 0 aliphatic heterocycles. The third kappa shape index (κ3) is 6.44. The topological polar surface area (TPSA) is 144 Å². The minimum atomic E-state index is -0.770. The summed E-state index contributed by atoms with van der Waals surface area (Å²) in [6, 6.07) is 11.4. The van der Waals surface area contributed by atoms with E-state index in [1.165, 1.54) is 26.2 Å². The molecule has 0 spiro atoms. The number of allylic oxidation sites excluding steroid dienone is 1. The maximum Gasteiger partial charge on any atom is 0.358 e. The van der Waals surface area contributed by atoms with Gasteiger partial charge in [0.25, 0.3) is 0 Å². The lowest BCUT2D eigenvalue weighted by Crippen LogP contribution is -2.15. The Bertz CT molecular complexity index is 1070. The lowest BCUT2D eigenvalue weighted by atomic mass is 10.1. The predicted octanol–water partition coefficient (Wildman–Crippen LogP) is 3.63. The maximum absolute atomic E-state index is 12.3. The van der Waals surface area contributed by atoms with Crippen molar-refractivity contribution in [2.24, 2.45) is 5.90 Å². The highest BCUT2D eigenvalue weighted by molar-refractivity contribution is 6.06. The number of ether oxygens (including phenoxy) is 2. The van der Waals surface area contributed by atoms with E-state index in [0.717, 1.165) is 0 Å². The van der Waals surface area contributed by atoms with Gasteiger partial charge in [0.1, 0.15) is 6.61 Å². The van der Waals surface area contributed by atoms with Gasteiger partial charge >= 0.3 is 5.97 Å². The molecule has 0 aliphatic rings. The van der Waals surface area contributed by atoms with Gasteiger partial charge in [0.2, 0.25) is 5.91 Å². The van der Waals surface area contributed by atoms with Crippen LogP contribution in [-0.2, 0) is 9.63 Å². The van der Waals surface area contributed by atoms with E-state index in [9.17, 15) is 14.7 Å². The maximum atomic E-state index is 12.3. The second-order valence-corrected chi connectivity index (χ2v) is 6.66. The Balaban J connectivity index is 2.17. The molecule has 0 saturated heterocycles. The second kappa shape index (κ2) is 11.3. The van der Waals surface area contributed by atoms with Gasteiger partial charge < -0.3 is 30.1 Å². The molecule has 9 nitrogen and oxygen atoms in total. The number of hydrogen-bond donors (Lipinski definition) is 4. The molecule has 2 rings (SSSR count). The van der Waals surface area contributed by atoms with E-state index in [4.69, 9.17) is 20.8 Å². The average molecular weight is 439 g/mol. The number of nitrogens with two attached hydrogens (primary N) is 1. The van der Waals surface area contributed by atoms with E-state index in [1.807, 2.05) is 0 Å². The number of aliphatic hydroxyl groups excluding tert-OH is 1. The van der Waals surface area contributed by atoms with Crippen LogP contribution in [0.15, 0.2) is 59.9 Å². The van der Waals surface area contributed by atoms with Crippen molar-refractivity contribution in [1.82, 2.24) is 0 Å². The quantitative estimate of drug-likeness (QED) is 0.202. The molecule has 0 fully saturated rings. The van der Waals surface area contributed by atoms with Crippen molar-refractivity contribution in [2.45, 2.75) is 13.8 Å². The Labute approximate surface area is 185 Å². The molecule has 0 aliphatic carbocycles. The summed E-state index contributed by atoms with van der Waals surface area (Å²) in [5.74, 6) is 4.52. The molecule has 2 aromatic carbocycles. The van der Waals surface area contributed by atoms with Crippen molar-refractivity contribution in [3.8, 4) is 11.5 Å². The lowest BCUT2D eigenvalue weighted by molar-refractivity contribution is -0.111. The first-order chi connectivity index (χ1) is 15.3. The number of methoxy groups -OCH3 is 1. The summed E-state index contributed by atoms with van der Waals surface area (Å²) in [7, 11) is 1.49. The molecule has 0 heterocycles. The molecular formula is C23H25N3O6. The largest absolute Gasteiger partial charge is 0.512 e. The highest BCUT2D eigenvalue weighted by Crippen LogP contribution is 2.29. The van der Waals surface area contributed by atoms with Crippen molar-refractivity contribution in [1.29, 1.82) is 5.41 Å². The summed E-state index contributed by atoms with van der Waals surface area (Å²) in [5.41, 5.74) is 1.58. The molecule has 0 radical (unpaired) electrons. The fourth-order valence-electron chi connectivity index (χ4n) is 2.72. The summed E-state index contributed by atoms with van der Waals surface area (Å²) in [5, 5.41) is 20.0. The summed E-state index contributed by atoms with van der Waals surface area (Å²) in [6.07, 6.45) is 2.85. The van der Waals surface area contributed by atoms with Crippen LogP contribution < -0.4 is 20.7 Å². The van der Waals surface area contributed by atoms with E-state index in [1.54, 1.807) is 49.4 Å². The summed E-state index contributed by atoms with van der Waals surface area (Å²) >= 11 is 0. The Morgan fingerprint density at radius 1 is 1.16 bits per heavy atom. The fraction of sp³-hybridized carbons (Fsp3) is 0.174. The van der Waals surface area contributed by atoms with Crippen LogP contribution in [0.2, 0.25) is 0 Å². The van der Waals surface area contributed by atoms with Crippen LogP contribution in [0.4, 0.5) is 5.69 Å². The molecule has 0 saturated carbocycles. The summed E-state index contributed by atoms with van der Waals surface area (Å²) in [4.78, 5) is 28.3. The van der Waals surface area contributed by atoms with E-state index in [0.29, 0.717) is 22.6 Å². The van der Waals surface area contributed by atoms with Crippen LogP contribution in [0.1, 0.15) is 29.8 Å². The van der Waals surface area contributed by atoms with Crippen LogP contribution in [0.3, 0.4) is 0 Å². The minimum Gasteiger partial charge on any atom is -0.512 e. The van der Waals surface area contributed by atoms with Gasteiger partial charge in [0.15, 0.2) is 11.5 Å². The third-order valence-corrected chi connectivity index (χ3v) is 4.39. The SMILES string of the molecule is COc1ccc(/C=C/C(=O)Nc2ccccc2C(=O)ON)cc1OC/C(C(C)=N)=C(\C)O. The molecule has 32 heavy (non-hydrogen) atoms. The van der Waals surface area contributed by atoms with E-state index >= 15 is 0 Å². The zero-order valence-corrected chi connectivity index (χ0v) is 18.0. The molecule has 0 atom stereocenters. The minimum absolute atomic E-state index is 0.00277. The Morgan fingerprint density at radius 2 is 1.88 bits per heavy atom. The number of benzene rings is 2. The Morgan fingerprint density at radius 3 is 2.50 bits per heavy atom. The standard InChI is InChI=1S/C23H25N3O6/c1-14(24)18(15(2)27)13-31-21-12-16(8-10-20(21)30-3)9-11-22(28)26-19-7-5-4-6-17(19)23(29)32-25/h4-12,24,27H,13,25H2,1-3H3,(H,26,28)/b11-9+,18-15-,24-14?. The lowest BCUT2D eigenvalue weighted by Gasteiger charge is -2.13. The highest BCUT2D eigenvalue weighted by atomic mass is 16.7. The number of para-hydroxylation sites is 1. The molecule has 1 amide bonds.